The third-order valence-corrected chi connectivity index (χ3v) is 9.78. The van der Waals surface area contributed by atoms with Crippen LogP contribution in [0.4, 0.5) is 5.82 Å². The van der Waals surface area contributed by atoms with Gasteiger partial charge in [-0.1, -0.05) is 42.8 Å². The Labute approximate surface area is 260 Å². The zero-order chi connectivity index (χ0) is 29.6. The zero-order valence-electron chi connectivity index (χ0n) is 24.9. The molecule has 1 amide bonds. The highest BCUT2D eigenvalue weighted by Crippen LogP contribution is 2.40. The van der Waals surface area contributed by atoms with Crippen LogP contribution in [0, 0.1) is 11.8 Å². The van der Waals surface area contributed by atoms with Crippen LogP contribution < -0.4 is 10.6 Å². The zero-order valence-corrected chi connectivity index (χ0v) is 26.4. The lowest BCUT2D eigenvalue weighted by Gasteiger charge is -2.40. The number of rotatable bonds is 11. The number of hydrogen-bond donors (Lipinski definition) is 1. The molecular formula is C33H44Cl2N6O. The summed E-state index contributed by atoms with van der Waals surface area (Å²) in [6, 6.07) is 16.9. The number of amides is 1. The topological polar surface area (TPSA) is 78.6 Å². The van der Waals surface area contributed by atoms with Crippen molar-refractivity contribution in [2.75, 3.05) is 44.7 Å². The average Bonchev–Trinajstić information content (AvgIpc) is 3.00. The number of carbonyl (C=O) groups excluding carboxylic acids is 1. The summed E-state index contributed by atoms with van der Waals surface area (Å²) in [6.45, 7) is 7.17. The fraction of sp³-hybridized carbons (Fsp3) is 0.545. The minimum Gasteiger partial charge on any atom is -0.369 e. The van der Waals surface area contributed by atoms with Crippen molar-refractivity contribution < 1.29 is 4.79 Å². The number of carbonyl (C=O) groups is 1. The van der Waals surface area contributed by atoms with Crippen molar-refractivity contribution in [3.05, 3.63) is 64.9 Å². The van der Waals surface area contributed by atoms with Gasteiger partial charge in [0.2, 0.25) is 5.91 Å². The van der Waals surface area contributed by atoms with Crippen LogP contribution in [-0.2, 0) is 11.3 Å². The van der Waals surface area contributed by atoms with Crippen LogP contribution in [0.1, 0.15) is 62.9 Å². The first kappa shape index (κ1) is 31.0. The van der Waals surface area contributed by atoms with E-state index in [1.165, 1.54) is 5.56 Å². The van der Waals surface area contributed by atoms with E-state index >= 15 is 0 Å². The Hall–Kier alpha value is -2.45. The van der Waals surface area contributed by atoms with Crippen molar-refractivity contribution in [1.82, 2.24) is 19.8 Å². The van der Waals surface area contributed by atoms with E-state index in [-0.39, 0.29) is 11.8 Å². The SMILES string of the molecule is CCN(CCN(C)Cc1nc(N2CCCC(C(N)=O)C2)c2ccccc2n1)C(c1ccc(Cl)cc1)C1CCC(Cl)CC1. The number of aromatic nitrogens is 2. The Morgan fingerprint density at radius 2 is 1.79 bits per heavy atom. The van der Waals surface area contributed by atoms with E-state index in [2.05, 4.69) is 46.9 Å². The second kappa shape index (κ2) is 14.3. The Kier molecular flexibility index (Phi) is 10.6. The van der Waals surface area contributed by atoms with Gasteiger partial charge in [0, 0.05) is 48.0 Å². The predicted octanol–water partition coefficient (Wildman–Crippen LogP) is 6.28. The average molecular weight is 612 g/mol. The van der Waals surface area contributed by atoms with Gasteiger partial charge < -0.3 is 10.6 Å². The van der Waals surface area contributed by atoms with Gasteiger partial charge in [-0.25, -0.2) is 9.97 Å². The van der Waals surface area contributed by atoms with Crippen molar-refractivity contribution in [3.8, 4) is 0 Å². The van der Waals surface area contributed by atoms with Gasteiger partial charge in [-0.2, -0.15) is 0 Å². The summed E-state index contributed by atoms with van der Waals surface area (Å²) in [5, 5.41) is 2.09. The first-order valence-electron chi connectivity index (χ1n) is 15.4. The molecule has 2 aliphatic rings. The third kappa shape index (κ3) is 7.54. The monoisotopic (exact) mass is 610 g/mol. The Morgan fingerprint density at radius 1 is 1.05 bits per heavy atom. The third-order valence-electron chi connectivity index (χ3n) is 9.09. The molecule has 1 aliphatic heterocycles. The number of halogens is 2. The highest BCUT2D eigenvalue weighted by atomic mass is 35.5. The van der Waals surface area contributed by atoms with Crippen molar-refractivity contribution in [2.45, 2.75) is 63.4 Å². The van der Waals surface area contributed by atoms with Crippen LogP contribution in [0.15, 0.2) is 48.5 Å². The molecule has 7 nitrogen and oxygen atoms in total. The molecule has 9 heteroatoms. The molecule has 1 saturated heterocycles. The molecule has 5 rings (SSSR count). The maximum Gasteiger partial charge on any atom is 0.222 e. The molecule has 1 saturated carbocycles. The number of likely N-dealkylation sites (N-methyl/N-ethyl adjacent to an activating group) is 2. The van der Waals surface area contributed by atoms with Crippen LogP contribution in [0.3, 0.4) is 0 Å². The summed E-state index contributed by atoms with van der Waals surface area (Å²) in [5.74, 6) is 1.90. The summed E-state index contributed by atoms with van der Waals surface area (Å²) >= 11 is 12.8. The van der Waals surface area contributed by atoms with Gasteiger partial charge in [-0.15, -0.1) is 11.6 Å². The largest absolute Gasteiger partial charge is 0.369 e. The van der Waals surface area contributed by atoms with Crippen molar-refractivity contribution in [3.63, 3.8) is 0 Å². The second-order valence-corrected chi connectivity index (χ2v) is 13.1. The van der Waals surface area contributed by atoms with Gasteiger partial charge in [0.15, 0.2) is 0 Å². The van der Waals surface area contributed by atoms with E-state index in [1.807, 2.05) is 30.3 Å². The van der Waals surface area contributed by atoms with Gasteiger partial charge in [-0.3, -0.25) is 14.6 Å². The minimum atomic E-state index is -0.230. The van der Waals surface area contributed by atoms with Gasteiger partial charge in [-0.05, 0) is 87.9 Å². The molecule has 42 heavy (non-hydrogen) atoms. The van der Waals surface area contributed by atoms with Gasteiger partial charge in [0.05, 0.1) is 18.0 Å². The second-order valence-electron chi connectivity index (χ2n) is 12.0. The number of fused-ring (bicyclic) bond motifs is 1. The number of nitrogens with two attached hydrogens (primary N) is 1. The fourth-order valence-corrected chi connectivity index (χ4v) is 7.15. The van der Waals surface area contributed by atoms with Crippen LogP contribution in [0.2, 0.25) is 5.02 Å². The lowest BCUT2D eigenvalue weighted by Crippen LogP contribution is -2.42. The summed E-state index contributed by atoms with van der Waals surface area (Å²) in [4.78, 5) is 29.1. The van der Waals surface area contributed by atoms with Crippen LogP contribution >= 0.6 is 23.2 Å². The lowest BCUT2D eigenvalue weighted by molar-refractivity contribution is -0.122. The molecule has 2 unspecified atom stereocenters. The maximum atomic E-state index is 12.0. The predicted molar refractivity (Wildman–Crippen MR) is 173 cm³/mol. The van der Waals surface area contributed by atoms with E-state index < -0.39 is 0 Å². The number of anilines is 1. The quantitative estimate of drug-likeness (QED) is 0.257. The Balaban J connectivity index is 1.31. The van der Waals surface area contributed by atoms with Crippen LogP contribution in [0.25, 0.3) is 10.9 Å². The number of primary amides is 1. The molecule has 2 aromatic carbocycles. The van der Waals surface area contributed by atoms with Gasteiger partial charge in [0.1, 0.15) is 11.6 Å². The van der Waals surface area contributed by atoms with E-state index in [1.54, 1.807) is 0 Å². The molecule has 1 aliphatic carbocycles. The lowest BCUT2D eigenvalue weighted by atomic mass is 9.80. The molecule has 3 aromatic rings. The molecule has 2 N–H and O–H groups in total. The van der Waals surface area contributed by atoms with Crippen molar-refractivity contribution in [2.24, 2.45) is 17.6 Å². The van der Waals surface area contributed by atoms with E-state index in [0.717, 1.165) is 92.3 Å². The summed E-state index contributed by atoms with van der Waals surface area (Å²) in [7, 11) is 2.14. The molecule has 2 atom stereocenters. The van der Waals surface area contributed by atoms with E-state index in [4.69, 9.17) is 38.9 Å². The summed E-state index contributed by atoms with van der Waals surface area (Å²) in [6.07, 6.45) is 6.21. The number of hydrogen-bond acceptors (Lipinski definition) is 6. The normalized spacial score (nSPS) is 22.1. The first-order chi connectivity index (χ1) is 20.3. The summed E-state index contributed by atoms with van der Waals surface area (Å²) < 4.78 is 0. The van der Waals surface area contributed by atoms with E-state index in [9.17, 15) is 4.79 Å². The molecule has 0 bridgehead atoms. The molecule has 2 fully saturated rings. The smallest absolute Gasteiger partial charge is 0.222 e. The standard InChI is InChI=1S/C33H44Cl2N6O/c1-3-40(31(23-10-14-26(34)15-11-23)24-12-16-27(35)17-13-24)20-19-39(2)22-30-37-29-9-5-4-8-28(29)33(38-30)41-18-6-7-25(21-41)32(36)42/h4-5,8-11,14-15,24-25,27,31H,3,6-7,12-13,16-22H2,1-2H3,(H2,36,42). The summed E-state index contributed by atoms with van der Waals surface area (Å²) in [5.41, 5.74) is 7.95. The van der Waals surface area contributed by atoms with Crippen LogP contribution in [-0.4, -0.2) is 70.8 Å². The number of alkyl halides is 1. The minimum absolute atomic E-state index is 0.147. The van der Waals surface area contributed by atoms with Gasteiger partial charge >= 0.3 is 0 Å². The highest BCUT2D eigenvalue weighted by molar-refractivity contribution is 6.30. The van der Waals surface area contributed by atoms with E-state index in [0.29, 0.717) is 30.4 Å². The fourth-order valence-electron chi connectivity index (χ4n) is 6.77. The first-order valence-corrected chi connectivity index (χ1v) is 16.3. The van der Waals surface area contributed by atoms with Gasteiger partial charge in [0.25, 0.3) is 0 Å². The van der Waals surface area contributed by atoms with Crippen LogP contribution in [0.5, 0.6) is 0 Å². The molecule has 0 spiro atoms. The molecular weight excluding hydrogens is 567 g/mol. The van der Waals surface area contributed by atoms with Crippen molar-refractivity contribution in [1.29, 1.82) is 0 Å². The number of piperidine rings is 1. The molecule has 2 heterocycles. The molecule has 0 radical (unpaired) electrons. The van der Waals surface area contributed by atoms with Crippen molar-refractivity contribution >= 4 is 45.8 Å². The Morgan fingerprint density at radius 3 is 2.50 bits per heavy atom. The highest BCUT2D eigenvalue weighted by Gasteiger charge is 2.32. The number of nitrogens with zero attached hydrogens (tertiary/aromatic N) is 5. The molecule has 1 aromatic heterocycles. The maximum absolute atomic E-state index is 12.0. The Bertz CT molecular complexity index is 1330. The number of benzene rings is 2. The number of para-hydroxylation sites is 1. The molecule has 226 valence electrons.